The maximum atomic E-state index is 12.8. The number of nitrogens with one attached hydrogen (secondary N) is 1. The summed E-state index contributed by atoms with van der Waals surface area (Å²) < 4.78 is 39.0. The predicted molar refractivity (Wildman–Crippen MR) is 112 cm³/mol. The maximum Gasteiger partial charge on any atom is 0.265 e. The summed E-state index contributed by atoms with van der Waals surface area (Å²) in [6, 6.07) is 8.19. The zero-order chi connectivity index (χ0) is 21.4. The first kappa shape index (κ1) is 20.2. The monoisotopic (exact) mass is 460 g/mol. The average molecular weight is 461 g/mol. The van der Waals surface area contributed by atoms with E-state index in [2.05, 4.69) is 14.9 Å². The standard InChI is InChI=1S/C20H20N4O5S2/c25-19-12-28-17-7-6-15(31(26,27)21-10-14-5-2-8-30-14)9-16(17)24(19)11-18-22-20(29-23-18)13-3-1-4-13/h2,5-9,13,21H,1,3-4,10-12H2. The molecule has 1 aromatic carbocycles. The molecule has 11 heteroatoms. The van der Waals surface area contributed by atoms with Crippen LogP contribution in [0.5, 0.6) is 5.75 Å². The Morgan fingerprint density at radius 1 is 1.26 bits per heavy atom. The molecule has 0 atom stereocenters. The van der Waals surface area contributed by atoms with Gasteiger partial charge in [0.05, 0.1) is 17.1 Å². The minimum absolute atomic E-state index is 0.0503. The number of hydrogen-bond acceptors (Lipinski definition) is 8. The molecule has 1 amide bonds. The fraction of sp³-hybridized carbons (Fsp3) is 0.350. The summed E-state index contributed by atoms with van der Waals surface area (Å²) in [4.78, 5) is 19.4. The molecular formula is C20H20N4O5S2. The fourth-order valence-electron chi connectivity index (χ4n) is 3.48. The largest absolute Gasteiger partial charge is 0.482 e. The first-order valence-corrected chi connectivity index (χ1v) is 12.3. The predicted octanol–water partition coefficient (Wildman–Crippen LogP) is 2.80. The number of nitrogens with zero attached hydrogens (tertiary/aromatic N) is 3. The molecule has 0 unspecified atom stereocenters. The zero-order valence-corrected chi connectivity index (χ0v) is 18.1. The van der Waals surface area contributed by atoms with Crippen LogP contribution in [0.3, 0.4) is 0 Å². The van der Waals surface area contributed by atoms with E-state index in [4.69, 9.17) is 9.26 Å². The molecule has 5 rings (SSSR count). The normalized spacial score (nSPS) is 16.6. The van der Waals surface area contributed by atoms with E-state index >= 15 is 0 Å². The molecule has 1 aliphatic carbocycles. The van der Waals surface area contributed by atoms with E-state index in [-0.39, 0.29) is 30.5 Å². The number of fused-ring (bicyclic) bond motifs is 1. The average Bonchev–Trinajstić information content (AvgIpc) is 3.39. The lowest BCUT2D eigenvalue weighted by Crippen LogP contribution is -2.38. The molecule has 0 radical (unpaired) electrons. The van der Waals surface area contributed by atoms with E-state index in [1.54, 1.807) is 6.07 Å². The summed E-state index contributed by atoms with van der Waals surface area (Å²) in [5.41, 5.74) is 0.366. The summed E-state index contributed by atoms with van der Waals surface area (Å²) in [7, 11) is -3.77. The maximum absolute atomic E-state index is 12.8. The summed E-state index contributed by atoms with van der Waals surface area (Å²) in [6.07, 6.45) is 3.21. The third kappa shape index (κ3) is 4.08. The van der Waals surface area contributed by atoms with Gasteiger partial charge in [0.15, 0.2) is 12.4 Å². The van der Waals surface area contributed by atoms with Gasteiger partial charge in [-0.05, 0) is 42.5 Å². The van der Waals surface area contributed by atoms with E-state index in [1.165, 1.54) is 28.4 Å². The number of carbonyl (C=O) groups excluding carboxylic acids is 1. The number of amides is 1. The number of sulfonamides is 1. The Morgan fingerprint density at radius 2 is 2.13 bits per heavy atom. The summed E-state index contributed by atoms with van der Waals surface area (Å²) in [6.45, 7) is 0.142. The number of aromatic nitrogens is 2. The van der Waals surface area contributed by atoms with Gasteiger partial charge < -0.3 is 9.26 Å². The third-order valence-electron chi connectivity index (χ3n) is 5.44. The van der Waals surface area contributed by atoms with Crippen LogP contribution in [0.15, 0.2) is 45.1 Å². The van der Waals surface area contributed by atoms with Crippen molar-refractivity contribution in [1.29, 1.82) is 0 Å². The SMILES string of the molecule is O=C1COc2ccc(S(=O)(=O)NCc3cccs3)cc2N1Cc1noc(C2CCC2)n1. The van der Waals surface area contributed by atoms with Crippen molar-refractivity contribution in [3.8, 4) is 5.75 Å². The molecule has 3 aromatic rings. The lowest BCUT2D eigenvalue weighted by Gasteiger charge is -2.28. The second-order valence-corrected chi connectivity index (χ2v) is 10.3. The quantitative estimate of drug-likeness (QED) is 0.576. The molecule has 31 heavy (non-hydrogen) atoms. The van der Waals surface area contributed by atoms with E-state index in [0.29, 0.717) is 29.1 Å². The van der Waals surface area contributed by atoms with Gasteiger partial charge in [0, 0.05) is 17.3 Å². The van der Waals surface area contributed by atoms with Crippen molar-refractivity contribution < 1.29 is 22.5 Å². The summed E-state index contributed by atoms with van der Waals surface area (Å²) in [5, 5.41) is 5.89. The van der Waals surface area contributed by atoms with Crippen LogP contribution in [-0.2, 0) is 27.9 Å². The van der Waals surface area contributed by atoms with Gasteiger partial charge in [-0.2, -0.15) is 4.98 Å². The highest BCUT2D eigenvalue weighted by Gasteiger charge is 2.30. The molecule has 2 aromatic heterocycles. The van der Waals surface area contributed by atoms with Gasteiger partial charge in [-0.25, -0.2) is 13.1 Å². The molecule has 2 aliphatic rings. The van der Waals surface area contributed by atoms with Crippen LogP contribution in [0.4, 0.5) is 5.69 Å². The molecule has 1 N–H and O–H groups in total. The zero-order valence-electron chi connectivity index (χ0n) is 16.5. The van der Waals surface area contributed by atoms with Gasteiger partial charge in [0.25, 0.3) is 5.91 Å². The highest BCUT2D eigenvalue weighted by atomic mass is 32.2. The molecule has 0 spiro atoms. The van der Waals surface area contributed by atoms with Crippen LogP contribution in [0.1, 0.15) is 41.8 Å². The molecule has 162 valence electrons. The number of rotatable bonds is 7. The third-order valence-corrected chi connectivity index (χ3v) is 7.71. The molecule has 1 aliphatic heterocycles. The Bertz CT molecular complexity index is 1200. The molecule has 0 bridgehead atoms. The van der Waals surface area contributed by atoms with Gasteiger partial charge in [0.1, 0.15) is 5.75 Å². The lowest BCUT2D eigenvalue weighted by molar-refractivity contribution is -0.121. The van der Waals surface area contributed by atoms with Crippen molar-refractivity contribution in [3.63, 3.8) is 0 Å². The summed E-state index contributed by atoms with van der Waals surface area (Å²) >= 11 is 1.47. The van der Waals surface area contributed by atoms with E-state index in [1.807, 2.05) is 17.5 Å². The number of anilines is 1. The van der Waals surface area contributed by atoms with Crippen LogP contribution < -0.4 is 14.4 Å². The Balaban J connectivity index is 1.39. The van der Waals surface area contributed by atoms with Crippen LogP contribution >= 0.6 is 11.3 Å². The Hall–Kier alpha value is -2.76. The molecule has 1 fully saturated rings. The number of ether oxygens (including phenoxy) is 1. The van der Waals surface area contributed by atoms with Crippen molar-refractivity contribution in [2.75, 3.05) is 11.5 Å². The molecule has 9 nitrogen and oxygen atoms in total. The molecule has 0 saturated heterocycles. The van der Waals surface area contributed by atoms with Gasteiger partial charge >= 0.3 is 0 Å². The topological polar surface area (TPSA) is 115 Å². The first-order valence-electron chi connectivity index (χ1n) is 9.91. The van der Waals surface area contributed by atoms with Gasteiger partial charge in [-0.15, -0.1) is 11.3 Å². The van der Waals surface area contributed by atoms with Crippen molar-refractivity contribution in [1.82, 2.24) is 14.9 Å². The lowest BCUT2D eigenvalue weighted by atomic mass is 9.85. The highest BCUT2D eigenvalue weighted by Crippen LogP contribution is 2.37. The number of hydrogen-bond donors (Lipinski definition) is 1. The minimum atomic E-state index is -3.77. The van der Waals surface area contributed by atoms with Crippen LogP contribution in [0, 0.1) is 0 Å². The molecular weight excluding hydrogens is 440 g/mol. The number of thiophene rings is 1. The second kappa shape index (κ2) is 8.06. The van der Waals surface area contributed by atoms with E-state index in [9.17, 15) is 13.2 Å². The van der Waals surface area contributed by atoms with Gasteiger partial charge in [-0.1, -0.05) is 17.6 Å². The van der Waals surface area contributed by atoms with E-state index < -0.39 is 10.0 Å². The van der Waals surface area contributed by atoms with Crippen LogP contribution in [-0.4, -0.2) is 31.1 Å². The van der Waals surface area contributed by atoms with Crippen LogP contribution in [0.25, 0.3) is 0 Å². The smallest absolute Gasteiger partial charge is 0.265 e. The molecule has 1 saturated carbocycles. The Kier molecular flexibility index (Phi) is 5.24. The van der Waals surface area contributed by atoms with Crippen LogP contribution in [0.2, 0.25) is 0 Å². The van der Waals surface area contributed by atoms with Crippen molar-refractivity contribution >= 4 is 33.0 Å². The fourth-order valence-corrected chi connectivity index (χ4v) is 5.24. The van der Waals surface area contributed by atoms with Crippen molar-refractivity contribution in [3.05, 3.63) is 52.3 Å². The summed E-state index contributed by atoms with van der Waals surface area (Å²) in [5.74, 6) is 1.40. The highest BCUT2D eigenvalue weighted by molar-refractivity contribution is 7.89. The Morgan fingerprint density at radius 3 is 2.87 bits per heavy atom. The Labute approximate surface area is 183 Å². The van der Waals surface area contributed by atoms with Gasteiger partial charge in [-0.3, -0.25) is 9.69 Å². The second-order valence-electron chi connectivity index (χ2n) is 7.48. The van der Waals surface area contributed by atoms with Crippen molar-refractivity contribution in [2.24, 2.45) is 0 Å². The minimum Gasteiger partial charge on any atom is -0.482 e. The van der Waals surface area contributed by atoms with Gasteiger partial charge in [0.2, 0.25) is 15.9 Å². The van der Waals surface area contributed by atoms with E-state index in [0.717, 1.165) is 24.1 Å². The number of carbonyl (C=O) groups is 1. The van der Waals surface area contributed by atoms with Crippen molar-refractivity contribution in [2.45, 2.75) is 43.2 Å². The number of benzene rings is 1. The molecule has 3 heterocycles. The first-order chi connectivity index (χ1) is 15.0.